The summed E-state index contributed by atoms with van der Waals surface area (Å²) in [6.07, 6.45) is -0.815. The average molecular weight is 432 g/mol. The first-order chi connectivity index (χ1) is 14.2. The molecule has 1 amide bonds. The van der Waals surface area contributed by atoms with Crippen molar-refractivity contribution in [1.82, 2.24) is 5.32 Å². The van der Waals surface area contributed by atoms with Gasteiger partial charge in [0.15, 0.2) is 18.2 Å². The van der Waals surface area contributed by atoms with Crippen molar-refractivity contribution in [3.63, 3.8) is 0 Å². The zero-order chi connectivity index (χ0) is 22.7. The van der Waals surface area contributed by atoms with Gasteiger partial charge >= 0.3 is 12.1 Å². The van der Waals surface area contributed by atoms with E-state index in [1.54, 1.807) is 0 Å². The summed E-state index contributed by atoms with van der Waals surface area (Å²) in [6, 6.07) is -2.09. The number of unbranched alkanes of at least 4 members (excludes halogenated alkanes) is 3. The van der Waals surface area contributed by atoms with Crippen LogP contribution in [0.5, 0.6) is 0 Å². The Hall–Kier alpha value is -2.61. The standard InChI is InChI=1S/C17H32N6O7/c18-5-3-1-2-4-6-22-17(28)30-13(10(25)8-24)14-12(19)9(23-16(20)21)7-11(29-14)15(26)27/h7,9-10,12-14,24-25H,1-6,8,18-19H2,(H,22,28)(H,26,27)(H4,20,21,23). The van der Waals surface area contributed by atoms with Crippen LogP contribution in [0.2, 0.25) is 0 Å². The van der Waals surface area contributed by atoms with Gasteiger partial charge in [0, 0.05) is 6.54 Å². The van der Waals surface area contributed by atoms with E-state index in [4.69, 9.17) is 32.4 Å². The number of aliphatic carboxylic acids is 1. The van der Waals surface area contributed by atoms with Crippen molar-refractivity contribution in [3.8, 4) is 0 Å². The molecule has 5 atom stereocenters. The first-order valence-electron chi connectivity index (χ1n) is 9.60. The van der Waals surface area contributed by atoms with Crippen LogP contribution in [-0.4, -0.2) is 83.4 Å². The van der Waals surface area contributed by atoms with Gasteiger partial charge in [-0.05, 0) is 25.5 Å². The molecule has 0 aromatic rings. The number of nitrogens with one attached hydrogen (secondary N) is 1. The molecule has 1 aliphatic heterocycles. The van der Waals surface area contributed by atoms with Crippen LogP contribution in [0.3, 0.4) is 0 Å². The number of carbonyl (C=O) groups is 2. The first-order valence-corrected chi connectivity index (χ1v) is 9.60. The number of nitrogens with zero attached hydrogens (tertiary/aromatic N) is 1. The van der Waals surface area contributed by atoms with Crippen LogP contribution in [0.15, 0.2) is 16.8 Å². The van der Waals surface area contributed by atoms with Crippen molar-refractivity contribution >= 4 is 18.0 Å². The molecule has 0 fully saturated rings. The number of hydrogen-bond acceptors (Lipinski definition) is 9. The number of guanidine groups is 1. The van der Waals surface area contributed by atoms with Gasteiger partial charge in [0.1, 0.15) is 6.10 Å². The van der Waals surface area contributed by atoms with E-state index < -0.39 is 54.8 Å². The van der Waals surface area contributed by atoms with Crippen molar-refractivity contribution < 1.29 is 34.4 Å². The fraction of sp³-hybridized carbons (Fsp3) is 0.706. The molecular weight excluding hydrogens is 400 g/mol. The van der Waals surface area contributed by atoms with E-state index in [-0.39, 0.29) is 5.96 Å². The SMILES string of the molecule is NCCCCCCNC(=O)OC(C(O)CO)C1OC(C(=O)O)=CC(N=C(N)N)C1N. The minimum Gasteiger partial charge on any atom is -0.478 e. The van der Waals surface area contributed by atoms with Crippen molar-refractivity contribution in [1.29, 1.82) is 0 Å². The number of hydrogen-bond donors (Lipinski definition) is 8. The van der Waals surface area contributed by atoms with Crippen molar-refractivity contribution in [3.05, 3.63) is 11.8 Å². The lowest BCUT2D eigenvalue weighted by Gasteiger charge is -2.38. The molecule has 172 valence electrons. The van der Waals surface area contributed by atoms with E-state index in [0.717, 1.165) is 25.3 Å². The summed E-state index contributed by atoms with van der Waals surface area (Å²) in [5.41, 5.74) is 22.2. The number of carbonyl (C=O) groups excluding carboxylic acids is 1. The predicted octanol–water partition coefficient (Wildman–Crippen LogP) is -2.71. The molecule has 0 spiro atoms. The van der Waals surface area contributed by atoms with E-state index in [9.17, 15) is 24.9 Å². The van der Waals surface area contributed by atoms with Crippen LogP contribution in [0.1, 0.15) is 25.7 Å². The molecule has 1 rings (SSSR count). The number of ether oxygens (including phenoxy) is 2. The van der Waals surface area contributed by atoms with Crippen LogP contribution < -0.4 is 28.3 Å². The largest absolute Gasteiger partial charge is 0.478 e. The van der Waals surface area contributed by atoms with E-state index in [1.165, 1.54) is 0 Å². The summed E-state index contributed by atoms with van der Waals surface area (Å²) in [7, 11) is 0. The van der Waals surface area contributed by atoms with Crippen LogP contribution in [0.25, 0.3) is 0 Å². The van der Waals surface area contributed by atoms with Crippen LogP contribution in [0, 0.1) is 0 Å². The second-order valence-electron chi connectivity index (χ2n) is 6.79. The summed E-state index contributed by atoms with van der Waals surface area (Å²) in [6.45, 7) is 0.133. The van der Waals surface area contributed by atoms with Gasteiger partial charge in [-0.1, -0.05) is 12.8 Å². The number of carboxylic acids is 1. The Balaban J connectivity index is 2.88. The van der Waals surface area contributed by atoms with E-state index in [1.807, 2.05) is 0 Å². The minimum atomic E-state index is -1.59. The molecule has 30 heavy (non-hydrogen) atoms. The second-order valence-corrected chi connectivity index (χ2v) is 6.79. The van der Waals surface area contributed by atoms with Gasteiger partial charge in [-0.15, -0.1) is 0 Å². The molecule has 5 unspecified atom stereocenters. The number of aliphatic hydroxyl groups is 2. The van der Waals surface area contributed by atoms with E-state index in [2.05, 4.69) is 10.3 Å². The van der Waals surface area contributed by atoms with Gasteiger partial charge in [-0.25, -0.2) is 14.6 Å². The van der Waals surface area contributed by atoms with E-state index in [0.29, 0.717) is 19.5 Å². The lowest BCUT2D eigenvalue weighted by Crippen LogP contribution is -2.58. The molecule has 0 aromatic heterocycles. The van der Waals surface area contributed by atoms with Gasteiger partial charge in [0.05, 0.1) is 18.7 Å². The summed E-state index contributed by atoms with van der Waals surface area (Å²) >= 11 is 0. The normalized spacial score (nSPS) is 22.8. The zero-order valence-corrected chi connectivity index (χ0v) is 16.6. The highest BCUT2D eigenvalue weighted by molar-refractivity contribution is 5.85. The smallest absolute Gasteiger partial charge is 0.407 e. The van der Waals surface area contributed by atoms with Crippen LogP contribution >= 0.6 is 0 Å². The molecule has 0 radical (unpaired) electrons. The lowest BCUT2D eigenvalue weighted by molar-refractivity contribution is -0.144. The van der Waals surface area contributed by atoms with Gasteiger partial charge in [-0.3, -0.25) is 0 Å². The summed E-state index contributed by atoms with van der Waals surface area (Å²) < 4.78 is 10.5. The number of amides is 1. The van der Waals surface area contributed by atoms with Gasteiger partial charge in [0.25, 0.3) is 0 Å². The predicted molar refractivity (Wildman–Crippen MR) is 107 cm³/mol. The van der Waals surface area contributed by atoms with Crippen LogP contribution in [0.4, 0.5) is 4.79 Å². The number of nitrogens with two attached hydrogens (primary N) is 4. The molecule has 1 heterocycles. The van der Waals surface area contributed by atoms with Gasteiger partial charge < -0.3 is 53.0 Å². The molecular formula is C17H32N6O7. The zero-order valence-electron chi connectivity index (χ0n) is 16.6. The molecule has 13 nitrogen and oxygen atoms in total. The number of aliphatic hydroxyl groups excluding tert-OH is 2. The number of carboxylic acid groups (broad SMARTS) is 1. The fourth-order valence-electron chi connectivity index (χ4n) is 2.88. The van der Waals surface area contributed by atoms with Crippen LogP contribution in [-0.2, 0) is 14.3 Å². The molecule has 12 N–H and O–H groups in total. The Morgan fingerprint density at radius 2 is 1.93 bits per heavy atom. The highest BCUT2D eigenvalue weighted by atomic mass is 16.6. The summed E-state index contributed by atoms with van der Waals surface area (Å²) in [5.74, 6) is -2.30. The molecule has 0 bridgehead atoms. The monoisotopic (exact) mass is 432 g/mol. The second kappa shape index (κ2) is 12.8. The van der Waals surface area contributed by atoms with E-state index >= 15 is 0 Å². The molecule has 13 heteroatoms. The Kier molecular flexibility index (Phi) is 10.9. The minimum absolute atomic E-state index is 0.319. The first kappa shape index (κ1) is 25.4. The topological polar surface area (TPSA) is 242 Å². The molecule has 0 saturated heterocycles. The molecule has 0 aromatic carbocycles. The third-order valence-corrected chi connectivity index (χ3v) is 4.40. The Bertz CT molecular complexity index is 626. The van der Waals surface area contributed by atoms with Crippen molar-refractivity contribution in [2.75, 3.05) is 19.7 Å². The highest BCUT2D eigenvalue weighted by Crippen LogP contribution is 2.25. The third kappa shape index (κ3) is 8.02. The summed E-state index contributed by atoms with van der Waals surface area (Å²) in [4.78, 5) is 27.4. The quantitative estimate of drug-likeness (QED) is 0.0895. The van der Waals surface area contributed by atoms with Crippen molar-refractivity contribution in [2.45, 2.75) is 56.1 Å². The fourth-order valence-corrected chi connectivity index (χ4v) is 2.88. The van der Waals surface area contributed by atoms with Crippen molar-refractivity contribution in [2.24, 2.45) is 27.9 Å². The Labute approximate surface area is 174 Å². The van der Waals surface area contributed by atoms with Gasteiger partial charge in [0.2, 0.25) is 5.76 Å². The molecule has 0 saturated carbocycles. The Morgan fingerprint density at radius 3 is 2.50 bits per heavy atom. The maximum absolute atomic E-state index is 12.1. The molecule has 0 aliphatic carbocycles. The van der Waals surface area contributed by atoms with Gasteiger partial charge in [-0.2, -0.15) is 0 Å². The highest BCUT2D eigenvalue weighted by Gasteiger charge is 2.44. The lowest BCUT2D eigenvalue weighted by atomic mass is 9.93. The maximum Gasteiger partial charge on any atom is 0.407 e. The number of alkyl carbamates (subject to hydrolysis) is 1. The maximum atomic E-state index is 12.1. The number of aliphatic imine (C=N–C) groups is 1. The molecule has 1 aliphatic rings. The number of rotatable bonds is 12. The third-order valence-electron chi connectivity index (χ3n) is 4.40. The summed E-state index contributed by atoms with van der Waals surface area (Å²) in [5, 5.41) is 31.3. The Morgan fingerprint density at radius 1 is 1.27 bits per heavy atom. The average Bonchev–Trinajstić information content (AvgIpc) is 2.69.